The average Bonchev–Trinajstić information content (AvgIpc) is 2.59. The van der Waals surface area contributed by atoms with Gasteiger partial charge in [0.1, 0.15) is 0 Å². The lowest BCUT2D eigenvalue weighted by molar-refractivity contribution is 0.112. The summed E-state index contributed by atoms with van der Waals surface area (Å²) in [6.45, 7) is 2.48. The van der Waals surface area contributed by atoms with Gasteiger partial charge >= 0.3 is 0 Å². The van der Waals surface area contributed by atoms with E-state index in [0.717, 1.165) is 18.1 Å². The van der Waals surface area contributed by atoms with Crippen LogP contribution in [0.3, 0.4) is 0 Å². The minimum Gasteiger partial charge on any atom is -0.328 e. The fourth-order valence-corrected chi connectivity index (χ4v) is 3.61. The summed E-state index contributed by atoms with van der Waals surface area (Å²) in [5.74, 6) is 0. The molecule has 3 aliphatic rings. The van der Waals surface area contributed by atoms with Crippen molar-refractivity contribution in [1.82, 2.24) is 10.2 Å². The molecule has 0 spiro atoms. The molecule has 0 amide bonds. The second kappa shape index (κ2) is 4.04. The number of nitrogens with two attached hydrogens (primary N) is 1. The van der Waals surface area contributed by atoms with Gasteiger partial charge in [0, 0.05) is 24.2 Å². The average molecular weight is 209 g/mol. The Bertz CT molecular complexity index is 211. The first-order valence-electron chi connectivity index (χ1n) is 6.57. The van der Waals surface area contributed by atoms with E-state index in [-0.39, 0.29) is 0 Å². The van der Waals surface area contributed by atoms with Crippen molar-refractivity contribution in [2.24, 2.45) is 5.73 Å². The fraction of sp³-hybridized carbons (Fsp3) is 1.00. The number of piperidine rings is 2. The van der Waals surface area contributed by atoms with Gasteiger partial charge in [0.2, 0.25) is 0 Å². The summed E-state index contributed by atoms with van der Waals surface area (Å²) >= 11 is 0. The van der Waals surface area contributed by atoms with E-state index in [0.29, 0.717) is 6.04 Å². The van der Waals surface area contributed by atoms with Crippen molar-refractivity contribution < 1.29 is 0 Å². The van der Waals surface area contributed by atoms with Crippen LogP contribution in [0, 0.1) is 0 Å². The van der Waals surface area contributed by atoms with Gasteiger partial charge in [-0.25, -0.2) is 0 Å². The first-order valence-corrected chi connectivity index (χ1v) is 6.57. The molecule has 0 saturated carbocycles. The lowest BCUT2D eigenvalue weighted by Gasteiger charge is -2.40. The van der Waals surface area contributed by atoms with Gasteiger partial charge in [0.05, 0.1) is 0 Å². The molecule has 3 rings (SSSR count). The highest BCUT2D eigenvalue weighted by Gasteiger charge is 2.36. The summed E-state index contributed by atoms with van der Waals surface area (Å²) in [4.78, 5) is 2.70. The van der Waals surface area contributed by atoms with Crippen LogP contribution in [0.2, 0.25) is 0 Å². The second-order valence-electron chi connectivity index (χ2n) is 5.64. The molecule has 2 atom stereocenters. The van der Waals surface area contributed by atoms with Crippen LogP contribution in [-0.4, -0.2) is 42.2 Å². The van der Waals surface area contributed by atoms with Crippen LogP contribution in [0.5, 0.6) is 0 Å². The zero-order chi connectivity index (χ0) is 10.3. The van der Waals surface area contributed by atoms with Crippen LogP contribution >= 0.6 is 0 Å². The molecule has 0 aliphatic carbocycles. The standard InChI is InChI=1S/C12H23N3/c13-9-3-5-15(6-4-9)12-7-10-1-2-11(8-12)14-10/h9-12,14H,1-8,13H2. The molecule has 2 bridgehead atoms. The largest absolute Gasteiger partial charge is 0.328 e. The normalized spacial score (nSPS) is 43.4. The molecule has 0 aromatic rings. The topological polar surface area (TPSA) is 41.3 Å². The van der Waals surface area contributed by atoms with Gasteiger partial charge < -0.3 is 16.0 Å². The summed E-state index contributed by atoms with van der Waals surface area (Å²) in [5, 5.41) is 3.72. The van der Waals surface area contributed by atoms with E-state index in [9.17, 15) is 0 Å². The Labute approximate surface area is 92.4 Å². The highest BCUT2D eigenvalue weighted by atomic mass is 15.2. The summed E-state index contributed by atoms with van der Waals surface area (Å²) in [7, 11) is 0. The van der Waals surface area contributed by atoms with Gasteiger partial charge in [0.25, 0.3) is 0 Å². The summed E-state index contributed by atoms with van der Waals surface area (Å²) < 4.78 is 0. The third-order valence-corrected chi connectivity index (χ3v) is 4.54. The smallest absolute Gasteiger partial charge is 0.0125 e. The van der Waals surface area contributed by atoms with Crippen LogP contribution in [0.15, 0.2) is 0 Å². The van der Waals surface area contributed by atoms with E-state index in [1.165, 1.54) is 51.6 Å². The molecule has 3 saturated heterocycles. The third-order valence-electron chi connectivity index (χ3n) is 4.54. The Kier molecular flexibility index (Phi) is 2.71. The quantitative estimate of drug-likeness (QED) is 0.668. The van der Waals surface area contributed by atoms with Crippen molar-refractivity contribution in [3.05, 3.63) is 0 Å². The van der Waals surface area contributed by atoms with E-state index < -0.39 is 0 Å². The molecule has 15 heavy (non-hydrogen) atoms. The van der Waals surface area contributed by atoms with Gasteiger partial charge in [-0.2, -0.15) is 0 Å². The van der Waals surface area contributed by atoms with Crippen molar-refractivity contribution in [3.8, 4) is 0 Å². The Morgan fingerprint density at radius 2 is 1.53 bits per heavy atom. The molecule has 0 aromatic carbocycles. The Morgan fingerprint density at radius 3 is 2.13 bits per heavy atom. The van der Waals surface area contributed by atoms with E-state index in [4.69, 9.17) is 5.73 Å². The minimum atomic E-state index is 0.472. The van der Waals surface area contributed by atoms with Crippen molar-refractivity contribution >= 4 is 0 Å². The number of rotatable bonds is 1. The SMILES string of the molecule is NC1CCN(C2CC3CCC(C2)N3)CC1. The zero-order valence-corrected chi connectivity index (χ0v) is 9.49. The fourth-order valence-electron chi connectivity index (χ4n) is 3.61. The van der Waals surface area contributed by atoms with Gasteiger partial charge in [-0.1, -0.05) is 0 Å². The molecular formula is C12H23N3. The zero-order valence-electron chi connectivity index (χ0n) is 9.49. The monoisotopic (exact) mass is 209 g/mol. The number of nitrogens with one attached hydrogen (secondary N) is 1. The molecule has 2 unspecified atom stereocenters. The lowest BCUT2D eigenvalue weighted by atomic mass is 9.95. The Hall–Kier alpha value is -0.120. The van der Waals surface area contributed by atoms with Crippen LogP contribution in [0.25, 0.3) is 0 Å². The predicted molar refractivity (Wildman–Crippen MR) is 61.8 cm³/mol. The Balaban J connectivity index is 1.58. The van der Waals surface area contributed by atoms with Crippen molar-refractivity contribution in [2.45, 2.75) is 62.7 Å². The lowest BCUT2D eigenvalue weighted by Crippen LogP contribution is -2.51. The number of fused-ring (bicyclic) bond motifs is 2. The highest BCUT2D eigenvalue weighted by molar-refractivity contribution is 4.96. The summed E-state index contributed by atoms with van der Waals surface area (Å²) in [5.41, 5.74) is 5.95. The molecule has 3 heteroatoms. The number of hydrogen-bond donors (Lipinski definition) is 2. The molecule has 3 heterocycles. The highest BCUT2D eigenvalue weighted by Crippen LogP contribution is 2.30. The first-order chi connectivity index (χ1) is 7.31. The minimum absolute atomic E-state index is 0.472. The van der Waals surface area contributed by atoms with Crippen molar-refractivity contribution in [1.29, 1.82) is 0 Å². The van der Waals surface area contributed by atoms with Gasteiger partial charge in [-0.05, 0) is 51.6 Å². The van der Waals surface area contributed by atoms with E-state index in [2.05, 4.69) is 10.2 Å². The maximum absolute atomic E-state index is 5.95. The molecule has 0 radical (unpaired) electrons. The summed E-state index contributed by atoms with van der Waals surface area (Å²) in [6, 6.07) is 2.98. The third kappa shape index (κ3) is 2.05. The Morgan fingerprint density at radius 1 is 0.933 bits per heavy atom. The predicted octanol–water partition coefficient (Wildman–Crippen LogP) is 0.692. The summed E-state index contributed by atoms with van der Waals surface area (Å²) in [6.07, 6.45) is 8.00. The van der Waals surface area contributed by atoms with E-state index in [1.54, 1.807) is 0 Å². The molecule has 3 aliphatic heterocycles. The van der Waals surface area contributed by atoms with Crippen molar-refractivity contribution in [2.75, 3.05) is 13.1 Å². The van der Waals surface area contributed by atoms with Crippen LogP contribution in [-0.2, 0) is 0 Å². The van der Waals surface area contributed by atoms with Crippen LogP contribution < -0.4 is 11.1 Å². The molecule has 0 aromatic heterocycles. The van der Waals surface area contributed by atoms with Crippen LogP contribution in [0.1, 0.15) is 38.5 Å². The molecule has 86 valence electrons. The van der Waals surface area contributed by atoms with Crippen molar-refractivity contribution in [3.63, 3.8) is 0 Å². The first kappa shape index (κ1) is 10.1. The van der Waals surface area contributed by atoms with Gasteiger partial charge in [-0.3, -0.25) is 0 Å². The molecule has 3 N–H and O–H groups in total. The second-order valence-corrected chi connectivity index (χ2v) is 5.64. The van der Waals surface area contributed by atoms with E-state index in [1.807, 2.05) is 0 Å². The number of likely N-dealkylation sites (tertiary alicyclic amines) is 1. The molecule has 3 fully saturated rings. The molecule has 3 nitrogen and oxygen atoms in total. The number of hydrogen-bond acceptors (Lipinski definition) is 3. The van der Waals surface area contributed by atoms with Gasteiger partial charge in [-0.15, -0.1) is 0 Å². The maximum atomic E-state index is 5.95. The number of nitrogens with zero attached hydrogens (tertiary/aromatic N) is 1. The van der Waals surface area contributed by atoms with Gasteiger partial charge in [0.15, 0.2) is 0 Å². The maximum Gasteiger partial charge on any atom is 0.0125 e. The van der Waals surface area contributed by atoms with E-state index >= 15 is 0 Å². The molecular weight excluding hydrogens is 186 g/mol. The van der Waals surface area contributed by atoms with Crippen LogP contribution in [0.4, 0.5) is 0 Å².